The third kappa shape index (κ3) is 3.50. The Hall–Kier alpha value is -3.06. The quantitative estimate of drug-likeness (QED) is 0.501. The molecule has 0 bridgehead atoms. The number of benzene rings is 1. The van der Waals surface area contributed by atoms with Crippen LogP contribution in [0.4, 0.5) is 11.4 Å². The van der Waals surface area contributed by atoms with Crippen molar-refractivity contribution < 1.29 is 9.90 Å². The zero-order chi connectivity index (χ0) is 21.5. The lowest BCUT2D eigenvalue weighted by molar-refractivity contribution is -0.0283. The largest absolute Gasteiger partial charge is 0.390 e. The predicted octanol–water partition coefficient (Wildman–Crippen LogP) is 3.40. The zero-order valence-corrected chi connectivity index (χ0v) is 17.6. The maximum absolute atomic E-state index is 12.1. The van der Waals surface area contributed by atoms with Crippen LogP contribution in [-0.4, -0.2) is 32.3 Å². The number of aromatic nitrogens is 2. The molecule has 1 saturated carbocycles. The number of aliphatic hydroxyl groups is 1. The third-order valence-corrected chi connectivity index (χ3v) is 6.74. The maximum atomic E-state index is 12.1. The van der Waals surface area contributed by atoms with Crippen LogP contribution in [0.5, 0.6) is 0 Å². The topological polar surface area (TPSA) is 105 Å². The number of rotatable bonds is 6. The highest BCUT2D eigenvalue weighted by molar-refractivity contribution is 6.02. The summed E-state index contributed by atoms with van der Waals surface area (Å²) >= 11 is 0. The summed E-state index contributed by atoms with van der Waals surface area (Å²) in [5.74, 6) is -0.532. The van der Waals surface area contributed by atoms with Crippen LogP contribution in [0.1, 0.15) is 49.5 Å². The molecule has 0 unspecified atom stereocenters. The number of amides is 1. The first-order valence-corrected chi connectivity index (χ1v) is 10.3. The molecule has 7 heteroatoms. The highest BCUT2D eigenvalue weighted by Crippen LogP contribution is 2.47. The number of hydrogen-bond acceptors (Lipinski definition) is 5. The molecule has 2 aromatic heterocycles. The summed E-state index contributed by atoms with van der Waals surface area (Å²) in [6.45, 7) is 6.65. The van der Waals surface area contributed by atoms with Gasteiger partial charge >= 0.3 is 0 Å². The van der Waals surface area contributed by atoms with E-state index >= 15 is 0 Å². The number of nitrogens with two attached hydrogens (primary N) is 1. The Morgan fingerprint density at radius 1 is 1.30 bits per heavy atom. The van der Waals surface area contributed by atoms with Gasteiger partial charge in [0.15, 0.2) is 0 Å². The van der Waals surface area contributed by atoms with Gasteiger partial charge in [-0.2, -0.15) is 5.10 Å². The van der Waals surface area contributed by atoms with Gasteiger partial charge in [-0.3, -0.25) is 4.79 Å². The second-order valence-electron chi connectivity index (χ2n) is 8.93. The molecule has 158 valence electrons. The average Bonchev–Trinajstić information content (AvgIpc) is 3.21. The highest BCUT2D eigenvalue weighted by Gasteiger charge is 2.50. The molecule has 1 aromatic carbocycles. The molecule has 1 aliphatic carbocycles. The fourth-order valence-corrected chi connectivity index (χ4v) is 4.20. The summed E-state index contributed by atoms with van der Waals surface area (Å²) in [6, 6.07) is 12.1. The van der Waals surface area contributed by atoms with E-state index in [4.69, 9.17) is 5.73 Å². The molecule has 3 aromatic rings. The van der Waals surface area contributed by atoms with E-state index in [0.717, 1.165) is 17.6 Å². The number of primary amides is 1. The standard InChI is InChI=1S/C23H29N5O2/c1-22(2)19(9-10-23(22,3)30)27-20-17(21(24)29)13-26-28-14-16(11-18(20)28)25-12-15-7-5-4-6-8-15/h4-8,11,13-14,19,25,27,30H,9-10,12H2,1-3H3,(H2,24,29)/t19-,23+/m1/s1. The van der Waals surface area contributed by atoms with Crippen molar-refractivity contribution in [1.82, 2.24) is 9.61 Å². The molecule has 7 nitrogen and oxygen atoms in total. The first-order valence-electron chi connectivity index (χ1n) is 10.3. The van der Waals surface area contributed by atoms with Crippen molar-refractivity contribution in [2.45, 2.75) is 51.8 Å². The Morgan fingerprint density at radius 2 is 2.03 bits per heavy atom. The minimum atomic E-state index is -0.786. The van der Waals surface area contributed by atoms with E-state index in [1.807, 2.05) is 51.2 Å². The minimum absolute atomic E-state index is 0.00701. The lowest BCUT2D eigenvalue weighted by Crippen LogP contribution is -2.45. The van der Waals surface area contributed by atoms with E-state index in [-0.39, 0.29) is 11.5 Å². The van der Waals surface area contributed by atoms with Crippen molar-refractivity contribution >= 4 is 22.8 Å². The Bertz CT molecular complexity index is 1070. The third-order valence-electron chi connectivity index (χ3n) is 6.74. The molecule has 0 radical (unpaired) electrons. The van der Waals surface area contributed by atoms with Gasteiger partial charge in [0.05, 0.1) is 40.4 Å². The monoisotopic (exact) mass is 407 g/mol. The second kappa shape index (κ2) is 7.32. The number of carbonyl (C=O) groups is 1. The predicted molar refractivity (Wildman–Crippen MR) is 119 cm³/mol. The molecular formula is C23H29N5O2. The van der Waals surface area contributed by atoms with Gasteiger partial charge in [0.25, 0.3) is 5.91 Å². The second-order valence-corrected chi connectivity index (χ2v) is 8.93. The van der Waals surface area contributed by atoms with Crippen molar-refractivity contribution in [3.8, 4) is 0 Å². The fraction of sp³-hybridized carbons (Fsp3) is 0.391. The molecule has 1 aliphatic rings. The first kappa shape index (κ1) is 20.2. The molecular weight excluding hydrogens is 378 g/mol. The van der Waals surface area contributed by atoms with Crippen LogP contribution in [0.3, 0.4) is 0 Å². The van der Waals surface area contributed by atoms with Crippen LogP contribution in [0, 0.1) is 5.41 Å². The van der Waals surface area contributed by atoms with E-state index in [1.165, 1.54) is 11.8 Å². The van der Waals surface area contributed by atoms with E-state index < -0.39 is 11.5 Å². The Labute approximate surface area is 176 Å². The van der Waals surface area contributed by atoms with Crippen LogP contribution < -0.4 is 16.4 Å². The molecule has 4 rings (SSSR count). The van der Waals surface area contributed by atoms with Crippen LogP contribution in [-0.2, 0) is 6.54 Å². The van der Waals surface area contributed by atoms with E-state index in [1.54, 1.807) is 4.52 Å². The molecule has 5 N–H and O–H groups in total. The molecule has 0 aliphatic heterocycles. The zero-order valence-electron chi connectivity index (χ0n) is 17.6. The number of nitrogens with one attached hydrogen (secondary N) is 2. The summed E-state index contributed by atoms with van der Waals surface area (Å²) in [5.41, 5.74) is 8.33. The summed E-state index contributed by atoms with van der Waals surface area (Å²) < 4.78 is 1.74. The average molecular weight is 408 g/mol. The number of carbonyl (C=O) groups excluding carboxylic acids is 1. The number of fused-ring (bicyclic) bond motifs is 1. The van der Waals surface area contributed by atoms with Crippen molar-refractivity contribution in [2.75, 3.05) is 10.6 Å². The molecule has 1 amide bonds. The molecule has 0 spiro atoms. The van der Waals surface area contributed by atoms with Crippen LogP contribution >= 0.6 is 0 Å². The molecule has 1 fully saturated rings. The highest BCUT2D eigenvalue weighted by atomic mass is 16.3. The van der Waals surface area contributed by atoms with Crippen LogP contribution in [0.25, 0.3) is 5.52 Å². The first-order chi connectivity index (χ1) is 14.2. The Kier molecular flexibility index (Phi) is 4.94. The van der Waals surface area contributed by atoms with Gasteiger partial charge in [0.1, 0.15) is 0 Å². The summed E-state index contributed by atoms with van der Waals surface area (Å²) in [7, 11) is 0. The van der Waals surface area contributed by atoms with Gasteiger partial charge in [-0.05, 0) is 31.4 Å². The van der Waals surface area contributed by atoms with Gasteiger partial charge < -0.3 is 21.5 Å². The molecule has 2 atom stereocenters. The van der Waals surface area contributed by atoms with Gasteiger partial charge in [-0.1, -0.05) is 44.2 Å². The minimum Gasteiger partial charge on any atom is -0.390 e. The normalized spacial score (nSPS) is 22.9. The number of anilines is 2. The lowest BCUT2D eigenvalue weighted by atomic mass is 9.76. The Morgan fingerprint density at radius 3 is 2.67 bits per heavy atom. The van der Waals surface area contributed by atoms with E-state index in [2.05, 4.69) is 27.9 Å². The van der Waals surface area contributed by atoms with E-state index in [0.29, 0.717) is 24.2 Å². The fourth-order valence-electron chi connectivity index (χ4n) is 4.20. The SMILES string of the molecule is CC1(C)[C@H](Nc2c(C(N)=O)cnn3cc(NCc4ccccc4)cc23)CC[C@]1(C)O. The molecule has 0 saturated heterocycles. The number of hydrogen-bond donors (Lipinski definition) is 4. The summed E-state index contributed by atoms with van der Waals surface area (Å²) in [4.78, 5) is 12.1. The van der Waals surface area contributed by atoms with Crippen LogP contribution in [0.2, 0.25) is 0 Å². The van der Waals surface area contributed by atoms with Gasteiger partial charge in [0.2, 0.25) is 0 Å². The number of nitrogens with zero attached hydrogens (tertiary/aromatic N) is 2. The molecule has 2 heterocycles. The van der Waals surface area contributed by atoms with Gasteiger partial charge in [-0.25, -0.2) is 4.52 Å². The van der Waals surface area contributed by atoms with Crippen molar-refractivity contribution in [2.24, 2.45) is 11.1 Å². The smallest absolute Gasteiger partial charge is 0.252 e. The van der Waals surface area contributed by atoms with E-state index in [9.17, 15) is 9.90 Å². The Balaban J connectivity index is 1.67. The summed E-state index contributed by atoms with van der Waals surface area (Å²) in [5, 5.41) is 22.1. The summed E-state index contributed by atoms with van der Waals surface area (Å²) in [6.07, 6.45) is 4.88. The van der Waals surface area contributed by atoms with Crippen molar-refractivity contribution in [3.05, 3.63) is 59.9 Å². The van der Waals surface area contributed by atoms with Crippen LogP contribution in [0.15, 0.2) is 48.8 Å². The van der Waals surface area contributed by atoms with Gasteiger partial charge in [0, 0.05) is 18.0 Å². The maximum Gasteiger partial charge on any atom is 0.252 e. The van der Waals surface area contributed by atoms with Gasteiger partial charge in [-0.15, -0.1) is 0 Å². The molecule has 30 heavy (non-hydrogen) atoms. The van der Waals surface area contributed by atoms with Crippen molar-refractivity contribution in [1.29, 1.82) is 0 Å². The lowest BCUT2D eigenvalue weighted by Gasteiger charge is -2.38. The van der Waals surface area contributed by atoms with Crippen molar-refractivity contribution in [3.63, 3.8) is 0 Å².